The van der Waals surface area contributed by atoms with Crippen LogP contribution in [0.15, 0.2) is 24.3 Å². The first-order valence-corrected chi connectivity index (χ1v) is 4.92. The van der Waals surface area contributed by atoms with Crippen molar-refractivity contribution in [2.75, 3.05) is 6.54 Å². The summed E-state index contributed by atoms with van der Waals surface area (Å²) in [5.41, 5.74) is 5.43. The van der Waals surface area contributed by atoms with Crippen LogP contribution in [0.1, 0.15) is 6.92 Å². The molecule has 1 aromatic carbocycles. The summed E-state index contributed by atoms with van der Waals surface area (Å²) in [6.45, 7) is 2.51. The predicted octanol–water partition coefficient (Wildman–Crippen LogP) is 2.02. The number of nitrogens with two attached hydrogens (primary N) is 1. The van der Waals surface area contributed by atoms with E-state index in [1.165, 1.54) is 3.57 Å². The van der Waals surface area contributed by atoms with Crippen LogP contribution >= 0.6 is 22.6 Å². The SMILES string of the molecule is CC(CN)Oc1cccc(I)c1. The Hall–Kier alpha value is -0.290. The summed E-state index contributed by atoms with van der Waals surface area (Å²) in [6, 6.07) is 7.93. The molecule has 0 saturated carbocycles. The second-order valence-corrected chi connectivity index (χ2v) is 3.87. The fourth-order valence-corrected chi connectivity index (χ4v) is 1.34. The van der Waals surface area contributed by atoms with Crippen LogP contribution < -0.4 is 10.5 Å². The lowest BCUT2D eigenvalue weighted by molar-refractivity contribution is 0.230. The van der Waals surface area contributed by atoms with Crippen molar-refractivity contribution in [2.45, 2.75) is 13.0 Å². The van der Waals surface area contributed by atoms with Gasteiger partial charge in [-0.1, -0.05) is 6.07 Å². The molecule has 1 aromatic rings. The summed E-state index contributed by atoms with van der Waals surface area (Å²) in [5, 5.41) is 0. The number of halogens is 1. The van der Waals surface area contributed by atoms with Gasteiger partial charge in [0.1, 0.15) is 11.9 Å². The Balaban J connectivity index is 2.63. The van der Waals surface area contributed by atoms with Crippen molar-refractivity contribution >= 4 is 22.6 Å². The van der Waals surface area contributed by atoms with Crippen molar-refractivity contribution in [1.29, 1.82) is 0 Å². The van der Waals surface area contributed by atoms with Crippen LogP contribution in [-0.4, -0.2) is 12.6 Å². The second kappa shape index (κ2) is 4.67. The molecule has 1 unspecified atom stereocenters. The van der Waals surface area contributed by atoms with Gasteiger partial charge in [0.25, 0.3) is 0 Å². The molecule has 0 amide bonds. The standard InChI is InChI=1S/C9H12INO/c1-7(6-11)12-9-4-2-3-8(10)5-9/h2-5,7H,6,11H2,1H3. The average molecular weight is 277 g/mol. The first kappa shape index (κ1) is 9.80. The predicted molar refractivity (Wildman–Crippen MR) is 58.3 cm³/mol. The summed E-state index contributed by atoms with van der Waals surface area (Å²) >= 11 is 2.25. The first-order chi connectivity index (χ1) is 5.72. The van der Waals surface area contributed by atoms with Gasteiger partial charge in [-0.3, -0.25) is 0 Å². The van der Waals surface area contributed by atoms with E-state index >= 15 is 0 Å². The van der Waals surface area contributed by atoms with Crippen molar-refractivity contribution in [1.82, 2.24) is 0 Å². The van der Waals surface area contributed by atoms with E-state index in [2.05, 4.69) is 22.6 Å². The molecule has 0 spiro atoms. The third kappa shape index (κ3) is 2.98. The van der Waals surface area contributed by atoms with Crippen LogP contribution in [0.3, 0.4) is 0 Å². The normalized spacial score (nSPS) is 12.6. The van der Waals surface area contributed by atoms with Gasteiger partial charge in [-0.05, 0) is 47.7 Å². The summed E-state index contributed by atoms with van der Waals surface area (Å²) in [4.78, 5) is 0. The largest absolute Gasteiger partial charge is 0.489 e. The van der Waals surface area contributed by atoms with Gasteiger partial charge in [0.2, 0.25) is 0 Å². The van der Waals surface area contributed by atoms with Gasteiger partial charge in [0.15, 0.2) is 0 Å². The van der Waals surface area contributed by atoms with E-state index in [9.17, 15) is 0 Å². The van der Waals surface area contributed by atoms with Crippen LogP contribution in [0.5, 0.6) is 5.75 Å². The average Bonchev–Trinajstić information content (AvgIpc) is 2.04. The Morgan fingerprint density at radius 1 is 1.58 bits per heavy atom. The van der Waals surface area contributed by atoms with E-state index in [0.717, 1.165) is 5.75 Å². The summed E-state index contributed by atoms with van der Waals surface area (Å²) in [6.07, 6.45) is 0.0863. The Kier molecular flexibility index (Phi) is 3.81. The quantitative estimate of drug-likeness (QED) is 0.858. The highest BCUT2D eigenvalue weighted by molar-refractivity contribution is 14.1. The molecule has 0 bridgehead atoms. The summed E-state index contributed by atoms with van der Waals surface area (Å²) in [7, 11) is 0. The molecule has 0 radical (unpaired) electrons. The van der Waals surface area contributed by atoms with Crippen LogP contribution in [0.2, 0.25) is 0 Å². The van der Waals surface area contributed by atoms with Crippen LogP contribution in [-0.2, 0) is 0 Å². The third-order valence-corrected chi connectivity index (χ3v) is 2.14. The highest BCUT2D eigenvalue weighted by atomic mass is 127. The molecular weight excluding hydrogens is 265 g/mol. The van der Waals surface area contributed by atoms with Crippen molar-refractivity contribution in [2.24, 2.45) is 5.73 Å². The molecule has 12 heavy (non-hydrogen) atoms. The molecule has 0 fully saturated rings. The molecular formula is C9H12INO. The van der Waals surface area contributed by atoms with E-state index in [4.69, 9.17) is 10.5 Å². The summed E-state index contributed by atoms with van der Waals surface area (Å²) in [5.74, 6) is 0.889. The van der Waals surface area contributed by atoms with Crippen molar-refractivity contribution in [3.05, 3.63) is 27.8 Å². The molecule has 66 valence electrons. The number of ether oxygens (including phenoxy) is 1. The molecule has 0 aromatic heterocycles. The molecule has 0 heterocycles. The van der Waals surface area contributed by atoms with E-state index < -0.39 is 0 Å². The highest BCUT2D eigenvalue weighted by Gasteiger charge is 2.00. The van der Waals surface area contributed by atoms with Gasteiger partial charge >= 0.3 is 0 Å². The molecule has 0 aliphatic heterocycles. The first-order valence-electron chi connectivity index (χ1n) is 3.84. The van der Waals surface area contributed by atoms with Crippen molar-refractivity contribution in [3.63, 3.8) is 0 Å². The Bertz CT molecular complexity index is 252. The molecule has 1 rings (SSSR count). The van der Waals surface area contributed by atoms with Gasteiger partial charge in [-0.2, -0.15) is 0 Å². The van der Waals surface area contributed by atoms with E-state index in [1.807, 2.05) is 31.2 Å². The summed E-state index contributed by atoms with van der Waals surface area (Å²) < 4.78 is 6.69. The lowest BCUT2D eigenvalue weighted by Crippen LogP contribution is -2.22. The fourth-order valence-electron chi connectivity index (χ4n) is 0.821. The van der Waals surface area contributed by atoms with Gasteiger partial charge < -0.3 is 10.5 Å². The molecule has 2 N–H and O–H groups in total. The van der Waals surface area contributed by atoms with Gasteiger partial charge in [-0.25, -0.2) is 0 Å². The smallest absolute Gasteiger partial charge is 0.120 e. The van der Waals surface area contributed by atoms with E-state index in [-0.39, 0.29) is 6.10 Å². The van der Waals surface area contributed by atoms with Crippen LogP contribution in [0, 0.1) is 3.57 Å². The molecule has 0 aliphatic carbocycles. The zero-order valence-electron chi connectivity index (χ0n) is 6.96. The van der Waals surface area contributed by atoms with E-state index in [0.29, 0.717) is 6.54 Å². The molecule has 0 aliphatic rings. The lowest BCUT2D eigenvalue weighted by atomic mass is 10.3. The second-order valence-electron chi connectivity index (χ2n) is 2.62. The Morgan fingerprint density at radius 2 is 2.33 bits per heavy atom. The minimum Gasteiger partial charge on any atom is -0.489 e. The monoisotopic (exact) mass is 277 g/mol. The molecule has 3 heteroatoms. The lowest BCUT2D eigenvalue weighted by Gasteiger charge is -2.11. The minimum atomic E-state index is 0.0863. The van der Waals surface area contributed by atoms with Gasteiger partial charge in [-0.15, -0.1) is 0 Å². The van der Waals surface area contributed by atoms with Gasteiger partial charge in [0.05, 0.1) is 0 Å². The Labute approximate surface area is 86.2 Å². The van der Waals surface area contributed by atoms with Crippen molar-refractivity contribution in [3.8, 4) is 5.75 Å². The molecule has 1 atom stereocenters. The zero-order valence-corrected chi connectivity index (χ0v) is 9.11. The molecule has 0 saturated heterocycles. The van der Waals surface area contributed by atoms with E-state index in [1.54, 1.807) is 0 Å². The number of hydrogen-bond donors (Lipinski definition) is 1. The highest BCUT2D eigenvalue weighted by Crippen LogP contribution is 2.15. The van der Waals surface area contributed by atoms with Crippen molar-refractivity contribution < 1.29 is 4.74 Å². The number of hydrogen-bond acceptors (Lipinski definition) is 2. The third-order valence-electron chi connectivity index (χ3n) is 1.47. The number of benzene rings is 1. The number of rotatable bonds is 3. The van der Waals surface area contributed by atoms with Crippen LogP contribution in [0.25, 0.3) is 0 Å². The topological polar surface area (TPSA) is 35.2 Å². The maximum absolute atomic E-state index is 5.51. The molecule has 2 nitrogen and oxygen atoms in total. The maximum atomic E-state index is 5.51. The van der Waals surface area contributed by atoms with Crippen LogP contribution in [0.4, 0.5) is 0 Å². The fraction of sp³-hybridized carbons (Fsp3) is 0.333. The van der Waals surface area contributed by atoms with Gasteiger partial charge in [0, 0.05) is 10.1 Å². The Morgan fingerprint density at radius 3 is 2.92 bits per heavy atom. The maximum Gasteiger partial charge on any atom is 0.120 e. The zero-order chi connectivity index (χ0) is 8.97. The minimum absolute atomic E-state index is 0.0863.